The van der Waals surface area contributed by atoms with Gasteiger partial charge in [0.05, 0.1) is 11.7 Å². The number of amides is 1. The van der Waals surface area contributed by atoms with Crippen molar-refractivity contribution in [2.45, 2.75) is 13.8 Å². The zero-order chi connectivity index (χ0) is 12.8. The van der Waals surface area contributed by atoms with Crippen molar-refractivity contribution in [1.29, 1.82) is 0 Å². The molecule has 5 heteroatoms. The number of aryl methyl sites for hydroxylation is 2. The van der Waals surface area contributed by atoms with Crippen LogP contribution in [0.3, 0.4) is 0 Å². The molecule has 0 aliphatic rings. The third-order valence-corrected chi connectivity index (χ3v) is 3.02. The van der Waals surface area contributed by atoms with Gasteiger partial charge in [-0.3, -0.25) is 4.79 Å². The highest BCUT2D eigenvalue weighted by Crippen LogP contribution is 2.16. The number of thioether (sulfide) groups is 1. The topological polar surface area (TPSA) is 69.2 Å². The lowest BCUT2D eigenvalue weighted by atomic mass is 10.1. The number of carboxylic acid groups (broad SMARTS) is 1. The normalized spacial score (nSPS) is 10.0. The van der Waals surface area contributed by atoms with Gasteiger partial charge in [-0.05, 0) is 25.5 Å². The van der Waals surface area contributed by atoms with Crippen molar-refractivity contribution in [3.05, 3.63) is 29.3 Å². The number of hydrogen-bond acceptors (Lipinski definition) is 4. The first kappa shape index (κ1) is 13.6. The molecule has 0 saturated heterocycles. The van der Waals surface area contributed by atoms with E-state index in [-0.39, 0.29) is 17.4 Å². The van der Waals surface area contributed by atoms with Crippen LogP contribution < -0.4 is 10.4 Å². The number of aliphatic carboxylic acids is 1. The molecule has 1 amide bonds. The van der Waals surface area contributed by atoms with Crippen LogP contribution in [0.4, 0.5) is 5.69 Å². The molecule has 1 aromatic carbocycles. The Morgan fingerprint density at radius 2 is 2.00 bits per heavy atom. The lowest BCUT2D eigenvalue weighted by molar-refractivity contribution is -0.301. The lowest BCUT2D eigenvalue weighted by Gasteiger charge is -2.09. The van der Waals surface area contributed by atoms with Gasteiger partial charge in [-0.2, -0.15) is 0 Å². The molecule has 0 radical (unpaired) electrons. The molecule has 0 unspecified atom stereocenters. The minimum atomic E-state index is -1.16. The zero-order valence-electron chi connectivity index (χ0n) is 9.78. The van der Waals surface area contributed by atoms with E-state index in [4.69, 9.17) is 0 Å². The molecule has 0 aliphatic heterocycles. The molecular weight excluding hydrogens is 238 g/mol. The average Bonchev–Trinajstić information content (AvgIpc) is 2.21. The fourth-order valence-electron chi connectivity index (χ4n) is 1.37. The van der Waals surface area contributed by atoms with Crippen LogP contribution in [0.5, 0.6) is 0 Å². The third-order valence-electron chi connectivity index (χ3n) is 2.11. The summed E-state index contributed by atoms with van der Waals surface area (Å²) in [5.41, 5.74) is 2.88. The van der Waals surface area contributed by atoms with Gasteiger partial charge in [0.1, 0.15) is 0 Å². The maximum atomic E-state index is 11.5. The summed E-state index contributed by atoms with van der Waals surface area (Å²) >= 11 is 1.02. The fraction of sp³-hybridized carbons (Fsp3) is 0.333. The Kier molecular flexibility index (Phi) is 5.03. The number of carbonyl (C=O) groups is 2. The maximum Gasteiger partial charge on any atom is 0.234 e. The van der Waals surface area contributed by atoms with Gasteiger partial charge in [-0.15, -0.1) is 11.8 Å². The predicted molar refractivity (Wildman–Crippen MR) is 66.9 cm³/mol. The van der Waals surface area contributed by atoms with E-state index in [0.717, 1.165) is 28.6 Å². The summed E-state index contributed by atoms with van der Waals surface area (Å²) in [5, 5.41) is 12.9. The van der Waals surface area contributed by atoms with Crippen LogP contribution in [0.1, 0.15) is 11.1 Å². The van der Waals surface area contributed by atoms with Crippen LogP contribution in [-0.2, 0) is 9.59 Å². The molecule has 0 fully saturated rings. The number of carbonyl (C=O) groups excluding carboxylic acids is 2. The van der Waals surface area contributed by atoms with E-state index in [9.17, 15) is 14.7 Å². The van der Waals surface area contributed by atoms with Gasteiger partial charge in [0.15, 0.2) is 0 Å². The van der Waals surface area contributed by atoms with Crippen LogP contribution >= 0.6 is 11.8 Å². The van der Waals surface area contributed by atoms with Crippen LogP contribution in [-0.4, -0.2) is 23.4 Å². The van der Waals surface area contributed by atoms with Gasteiger partial charge in [-0.1, -0.05) is 17.7 Å². The smallest absolute Gasteiger partial charge is 0.234 e. The summed E-state index contributed by atoms with van der Waals surface area (Å²) in [7, 11) is 0. The summed E-state index contributed by atoms with van der Waals surface area (Å²) in [6, 6.07) is 5.73. The SMILES string of the molecule is Cc1ccc(NC(=O)CSCC(=O)[O-])c(C)c1. The molecule has 0 bridgehead atoms. The van der Waals surface area contributed by atoms with E-state index in [0.29, 0.717) is 0 Å². The van der Waals surface area contributed by atoms with Crippen molar-refractivity contribution in [1.82, 2.24) is 0 Å². The highest BCUT2D eigenvalue weighted by atomic mass is 32.2. The van der Waals surface area contributed by atoms with Crippen molar-refractivity contribution in [3.8, 4) is 0 Å². The first-order valence-electron chi connectivity index (χ1n) is 5.13. The van der Waals surface area contributed by atoms with Gasteiger partial charge in [0.2, 0.25) is 5.91 Å². The second-order valence-electron chi connectivity index (χ2n) is 3.73. The van der Waals surface area contributed by atoms with E-state index in [2.05, 4.69) is 5.32 Å². The maximum absolute atomic E-state index is 11.5. The molecule has 4 nitrogen and oxygen atoms in total. The van der Waals surface area contributed by atoms with E-state index in [1.54, 1.807) is 0 Å². The van der Waals surface area contributed by atoms with Gasteiger partial charge < -0.3 is 15.2 Å². The molecule has 1 N–H and O–H groups in total. The number of benzene rings is 1. The molecule has 1 rings (SSSR count). The molecule has 0 atom stereocenters. The largest absolute Gasteiger partial charge is 0.549 e. The Bertz CT molecular complexity index is 432. The summed E-state index contributed by atoms with van der Waals surface area (Å²) in [4.78, 5) is 21.7. The molecule has 0 aromatic heterocycles. The van der Waals surface area contributed by atoms with E-state index in [1.165, 1.54) is 0 Å². The second kappa shape index (κ2) is 6.30. The first-order valence-corrected chi connectivity index (χ1v) is 6.29. The van der Waals surface area contributed by atoms with Gasteiger partial charge in [0.25, 0.3) is 0 Å². The number of hydrogen-bond donors (Lipinski definition) is 1. The number of anilines is 1. The fourth-order valence-corrected chi connectivity index (χ4v) is 1.89. The number of nitrogens with one attached hydrogen (secondary N) is 1. The molecule has 0 saturated carbocycles. The highest BCUT2D eigenvalue weighted by Gasteiger charge is 2.04. The molecule has 17 heavy (non-hydrogen) atoms. The van der Waals surface area contributed by atoms with Crippen molar-refractivity contribution in [3.63, 3.8) is 0 Å². The standard InChI is InChI=1S/C12H15NO3S/c1-8-3-4-10(9(2)5-8)13-11(14)6-17-7-12(15)16/h3-5H,6-7H2,1-2H3,(H,13,14)(H,15,16)/p-1. The van der Waals surface area contributed by atoms with Crippen LogP contribution in [0, 0.1) is 13.8 Å². The first-order chi connectivity index (χ1) is 7.99. The monoisotopic (exact) mass is 252 g/mol. The molecule has 0 spiro atoms. The van der Waals surface area contributed by atoms with E-state index in [1.807, 2.05) is 32.0 Å². The van der Waals surface area contributed by atoms with E-state index >= 15 is 0 Å². The van der Waals surface area contributed by atoms with Crippen molar-refractivity contribution < 1.29 is 14.7 Å². The summed E-state index contributed by atoms with van der Waals surface area (Å²) < 4.78 is 0. The Labute approximate surface area is 104 Å². The summed E-state index contributed by atoms with van der Waals surface area (Å²) in [6.45, 7) is 3.89. The summed E-state index contributed by atoms with van der Waals surface area (Å²) in [5.74, 6) is -1.42. The molecular formula is C12H14NO3S-. The van der Waals surface area contributed by atoms with Gasteiger partial charge in [-0.25, -0.2) is 0 Å². The van der Waals surface area contributed by atoms with Crippen molar-refractivity contribution in [2.24, 2.45) is 0 Å². The van der Waals surface area contributed by atoms with Crippen LogP contribution in [0.15, 0.2) is 18.2 Å². The minimum absolute atomic E-state index is 0.112. The van der Waals surface area contributed by atoms with Gasteiger partial charge in [0, 0.05) is 11.4 Å². The van der Waals surface area contributed by atoms with Crippen molar-refractivity contribution in [2.75, 3.05) is 16.8 Å². The second-order valence-corrected chi connectivity index (χ2v) is 4.72. The molecule has 0 heterocycles. The molecule has 92 valence electrons. The Morgan fingerprint density at radius 3 is 2.59 bits per heavy atom. The quantitative estimate of drug-likeness (QED) is 0.838. The van der Waals surface area contributed by atoms with E-state index < -0.39 is 5.97 Å². The average molecular weight is 252 g/mol. The van der Waals surface area contributed by atoms with Crippen molar-refractivity contribution >= 4 is 29.3 Å². The molecule has 1 aromatic rings. The predicted octanol–water partition coefficient (Wildman–Crippen LogP) is 0.725. The van der Waals surface area contributed by atoms with Crippen LogP contribution in [0.2, 0.25) is 0 Å². The summed E-state index contributed by atoms with van der Waals surface area (Å²) in [6.07, 6.45) is 0. The van der Waals surface area contributed by atoms with Crippen LogP contribution in [0.25, 0.3) is 0 Å². The third kappa shape index (κ3) is 4.91. The Hall–Kier alpha value is -1.49. The Morgan fingerprint density at radius 1 is 1.29 bits per heavy atom. The number of rotatable bonds is 5. The minimum Gasteiger partial charge on any atom is -0.549 e. The lowest BCUT2D eigenvalue weighted by Crippen LogP contribution is -2.25. The number of carboxylic acids is 1. The zero-order valence-corrected chi connectivity index (χ0v) is 10.6. The van der Waals surface area contributed by atoms with Gasteiger partial charge >= 0.3 is 0 Å². The highest BCUT2D eigenvalue weighted by molar-refractivity contribution is 8.00. The Balaban J connectivity index is 2.48. The molecule has 0 aliphatic carbocycles.